The molecule has 3 aromatic rings. The lowest BCUT2D eigenvalue weighted by atomic mass is 9.97. The Kier molecular flexibility index (Phi) is 6.75. The third-order valence-electron chi connectivity index (χ3n) is 5.50. The summed E-state index contributed by atoms with van der Waals surface area (Å²) in [6.07, 6.45) is 0.984. The molecule has 166 valence electrons. The molecule has 0 saturated carbocycles. The van der Waals surface area contributed by atoms with Gasteiger partial charge in [0.2, 0.25) is 5.91 Å². The topological polar surface area (TPSA) is 97.6 Å². The molecule has 0 atom stereocenters. The van der Waals surface area contributed by atoms with Crippen LogP contribution >= 0.6 is 11.8 Å². The molecule has 9 heteroatoms. The highest BCUT2D eigenvalue weighted by Crippen LogP contribution is 2.30. The molecule has 8 nitrogen and oxygen atoms in total. The number of carboxylic acids is 1. The second-order valence-corrected chi connectivity index (χ2v) is 8.43. The van der Waals surface area contributed by atoms with Crippen molar-refractivity contribution in [1.29, 1.82) is 0 Å². The number of thioether (sulfide) groups is 1. The molecular weight excluding hydrogens is 428 g/mol. The van der Waals surface area contributed by atoms with Crippen molar-refractivity contribution >= 4 is 23.6 Å². The first kappa shape index (κ1) is 21.9. The van der Waals surface area contributed by atoms with Crippen LogP contribution in [0, 0.1) is 5.92 Å². The number of methoxy groups -OCH3 is 1. The van der Waals surface area contributed by atoms with Gasteiger partial charge in [-0.1, -0.05) is 42.1 Å². The molecule has 0 bridgehead atoms. The zero-order valence-electron chi connectivity index (χ0n) is 17.7. The molecule has 1 saturated heterocycles. The number of ether oxygens (including phenoxy) is 1. The molecule has 32 heavy (non-hydrogen) atoms. The van der Waals surface area contributed by atoms with Crippen molar-refractivity contribution in [1.82, 2.24) is 19.7 Å². The van der Waals surface area contributed by atoms with Gasteiger partial charge in [0, 0.05) is 24.3 Å². The van der Waals surface area contributed by atoms with E-state index in [2.05, 4.69) is 10.2 Å². The van der Waals surface area contributed by atoms with Crippen molar-refractivity contribution in [2.75, 3.05) is 26.0 Å². The summed E-state index contributed by atoms with van der Waals surface area (Å²) < 4.78 is 7.28. The van der Waals surface area contributed by atoms with Gasteiger partial charge in [0.05, 0.1) is 18.8 Å². The van der Waals surface area contributed by atoms with Crippen LogP contribution in [0.3, 0.4) is 0 Å². The van der Waals surface area contributed by atoms with E-state index in [1.54, 1.807) is 12.0 Å². The molecule has 1 amide bonds. The highest BCUT2D eigenvalue weighted by Gasteiger charge is 2.27. The number of piperidine rings is 1. The first-order valence-corrected chi connectivity index (χ1v) is 11.3. The summed E-state index contributed by atoms with van der Waals surface area (Å²) in [4.78, 5) is 25.6. The summed E-state index contributed by atoms with van der Waals surface area (Å²) in [5.74, 6) is 0.419. The lowest BCUT2D eigenvalue weighted by Gasteiger charge is -2.30. The number of carboxylic acid groups (broad SMARTS) is 1. The van der Waals surface area contributed by atoms with Crippen LogP contribution in [0.5, 0.6) is 5.75 Å². The molecule has 2 heterocycles. The van der Waals surface area contributed by atoms with E-state index in [1.807, 2.05) is 59.2 Å². The predicted octanol–water partition coefficient (Wildman–Crippen LogP) is 3.36. The average molecular weight is 453 g/mol. The van der Waals surface area contributed by atoms with Crippen LogP contribution in [0.1, 0.15) is 12.8 Å². The number of rotatable bonds is 7. The van der Waals surface area contributed by atoms with Gasteiger partial charge in [-0.05, 0) is 37.1 Å². The first-order chi connectivity index (χ1) is 15.6. The normalized spacial score (nSPS) is 14.3. The fraction of sp³-hybridized carbons (Fsp3) is 0.304. The van der Waals surface area contributed by atoms with Crippen LogP contribution < -0.4 is 4.74 Å². The number of aliphatic carboxylic acids is 1. The summed E-state index contributed by atoms with van der Waals surface area (Å²) in [6, 6.07) is 17.4. The first-order valence-electron chi connectivity index (χ1n) is 10.4. The Morgan fingerprint density at radius 3 is 2.53 bits per heavy atom. The largest absolute Gasteiger partial charge is 0.497 e. The van der Waals surface area contributed by atoms with E-state index >= 15 is 0 Å². The van der Waals surface area contributed by atoms with E-state index in [-0.39, 0.29) is 17.6 Å². The van der Waals surface area contributed by atoms with E-state index in [0.29, 0.717) is 36.9 Å². The molecule has 1 N–H and O–H groups in total. The van der Waals surface area contributed by atoms with Gasteiger partial charge in [-0.3, -0.25) is 14.2 Å². The van der Waals surface area contributed by atoms with Crippen LogP contribution in [-0.4, -0.2) is 62.6 Å². The van der Waals surface area contributed by atoms with Gasteiger partial charge in [0.25, 0.3) is 0 Å². The van der Waals surface area contributed by atoms with Crippen LogP contribution in [0.15, 0.2) is 59.8 Å². The Morgan fingerprint density at radius 1 is 1.09 bits per heavy atom. The summed E-state index contributed by atoms with van der Waals surface area (Å²) in [7, 11) is 1.62. The maximum absolute atomic E-state index is 12.7. The lowest BCUT2D eigenvalue weighted by Crippen LogP contribution is -2.41. The second-order valence-electron chi connectivity index (χ2n) is 7.49. The van der Waals surface area contributed by atoms with Crippen molar-refractivity contribution in [3.8, 4) is 22.8 Å². The van der Waals surface area contributed by atoms with Crippen molar-refractivity contribution in [3.05, 3.63) is 54.6 Å². The summed E-state index contributed by atoms with van der Waals surface area (Å²) in [6.45, 7) is 0.938. The van der Waals surface area contributed by atoms with Crippen LogP contribution in [0.25, 0.3) is 17.1 Å². The fourth-order valence-electron chi connectivity index (χ4n) is 3.72. The lowest BCUT2D eigenvalue weighted by molar-refractivity contribution is -0.145. The molecule has 1 aliphatic heterocycles. The minimum atomic E-state index is -0.785. The van der Waals surface area contributed by atoms with E-state index in [0.717, 1.165) is 17.0 Å². The average Bonchev–Trinajstić information content (AvgIpc) is 3.27. The van der Waals surface area contributed by atoms with Gasteiger partial charge in [-0.2, -0.15) is 0 Å². The standard InChI is InChI=1S/C23H24N4O4S/c1-31-19-9-5-6-17(14-19)21-24-25-23(27(21)18-7-3-2-4-8-18)32-15-20(28)26-12-10-16(11-13-26)22(29)30/h2-9,14,16H,10-13,15H2,1H3,(H,29,30). The summed E-state index contributed by atoms with van der Waals surface area (Å²) in [5.41, 5.74) is 1.75. The number of carbonyl (C=O) groups excluding carboxylic acids is 1. The zero-order chi connectivity index (χ0) is 22.5. The fourth-order valence-corrected chi connectivity index (χ4v) is 4.57. The Labute approximate surface area is 190 Å². The third-order valence-corrected chi connectivity index (χ3v) is 6.41. The molecule has 2 aromatic carbocycles. The zero-order valence-corrected chi connectivity index (χ0v) is 18.5. The van der Waals surface area contributed by atoms with E-state index in [9.17, 15) is 9.59 Å². The molecule has 4 rings (SSSR count). The number of amides is 1. The van der Waals surface area contributed by atoms with E-state index in [1.165, 1.54) is 11.8 Å². The molecule has 0 radical (unpaired) electrons. The van der Waals surface area contributed by atoms with Gasteiger partial charge in [-0.25, -0.2) is 0 Å². The number of carbonyl (C=O) groups is 2. The van der Waals surface area contributed by atoms with Gasteiger partial charge < -0.3 is 14.7 Å². The van der Waals surface area contributed by atoms with E-state index < -0.39 is 5.97 Å². The Balaban J connectivity index is 1.55. The van der Waals surface area contributed by atoms with Gasteiger partial charge in [0.1, 0.15) is 5.75 Å². The van der Waals surface area contributed by atoms with Gasteiger partial charge >= 0.3 is 5.97 Å². The highest BCUT2D eigenvalue weighted by atomic mass is 32.2. The molecule has 1 aromatic heterocycles. The number of hydrogen-bond acceptors (Lipinski definition) is 6. The number of para-hydroxylation sites is 1. The van der Waals surface area contributed by atoms with Crippen LogP contribution in [0.4, 0.5) is 0 Å². The Bertz CT molecular complexity index is 1090. The highest BCUT2D eigenvalue weighted by molar-refractivity contribution is 7.99. The van der Waals surface area contributed by atoms with Crippen molar-refractivity contribution in [2.45, 2.75) is 18.0 Å². The SMILES string of the molecule is COc1cccc(-c2nnc(SCC(=O)N3CCC(C(=O)O)CC3)n2-c2ccccc2)c1. The minimum absolute atomic E-state index is 0.0237. The van der Waals surface area contributed by atoms with E-state index in [4.69, 9.17) is 9.84 Å². The Hall–Kier alpha value is -3.33. The maximum atomic E-state index is 12.7. The number of aromatic nitrogens is 3. The van der Waals surface area contributed by atoms with Crippen molar-refractivity contribution < 1.29 is 19.4 Å². The number of nitrogens with zero attached hydrogens (tertiary/aromatic N) is 4. The smallest absolute Gasteiger partial charge is 0.306 e. The van der Waals surface area contributed by atoms with Crippen molar-refractivity contribution in [2.24, 2.45) is 5.92 Å². The molecular formula is C23H24N4O4S. The Morgan fingerprint density at radius 2 is 1.84 bits per heavy atom. The third kappa shape index (κ3) is 4.77. The number of likely N-dealkylation sites (tertiary alicyclic amines) is 1. The molecule has 1 aliphatic rings. The number of hydrogen-bond donors (Lipinski definition) is 1. The van der Waals surface area contributed by atoms with Crippen LogP contribution in [-0.2, 0) is 9.59 Å². The van der Waals surface area contributed by atoms with Gasteiger partial charge in [0.15, 0.2) is 11.0 Å². The summed E-state index contributed by atoms with van der Waals surface area (Å²) >= 11 is 1.33. The quantitative estimate of drug-likeness (QED) is 0.549. The molecule has 0 aliphatic carbocycles. The van der Waals surface area contributed by atoms with Gasteiger partial charge in [-0.15, -0.1) is 10.2 Å². The summed E-state index contributed by atoms with van der Waals surface area (Å²) in [5, 5.41) is 18.5. The second kappa shape index (κ2) is 9.86. The van der Waals surface area contributed by atoms with Crippen LogP contribution in [0.2, 0.25) is 0 Å². The molecule has 1 fully saturated rings. The predicted molar refractivity (Wildman–Crippen MR) is 121 cm³/mol. The molecule has 0 unspecified atom stereocenters. The molecule has 0 spiro atoms. The monoisotopic (exact) mass is 452 g/mol. The number of benzene rings is 2. The maximum Gasteiger partial charge on any atom is 0.306 e. The van der Waals surface area contributed by atoms with Crippen molar-refractivity contribution in [3.63, 3.8) is 0 Å². The minimum Gasteiger partial charge on any atom is -0.497 e.